The SMILES string of the molecule is Cc1ccc(C(=O)N2C[C@@H]3CNC[C@@H]3[C@@H]2c2ccccc2)c(=O)n1C.Cl. The first-order valence-electron chi connectivity index (χ1n) is 8.81. The summed E-state index contributed by atoms with van der Waals surface area (Å²) in [4.78, 5) is 27.7. The summed E-state index contributed by atoms with van der Waals surface area (Å²) in [5, 5.41) is 3.45. The van der Waals surface area contributed by atoms with Crippen molar-refractivity contribution in [3.8, 4) is 0 Å². The summed E-state index contributed by atoms with van der Waals surface area (Å²) in [5.74, 6) is 0.702. The zero-order chi connectivity index (χ0) is 17.6. The van der Waals surface area contributed by atoms with E-state index in [4.69, 9.17) is 0 Å². The highest BCUT2D eigenvalue weighted by molar-refractivity contribution is 5.94. The molecule has 0 bridgehead atoms. The van der Waals surface area contributed by atoms with Crippen LogP contribution in [-0.4, -0.2) is 35.0 Å². The van der Waals surface area contributed by atoms with E-state index in [0.29, 0.717) is 18.4 Å². The zero-order valence-electron chi connectivity index (χ0n) is 15.0. The van der Waals surface area contributed by atoms with Crippen molar-refractivity contribution in [2.24, 2.45) is 18.9 Å². The molecular weight excluding hydrogens is 350 g/mol. The number of amides is 1. The van der Waals surface area contributed by atoms with Crippen LogP contribution in [0.3, 0.4) is 0 Å². The van der Waals surface area contributed by atoms with Crippen molar-refractivity contribution in [1.29, 1.82) is 0 Å². The maximum absolute atomic E-state index is 13.2. The van der Waals surface area contributed by atoms with E-state index in [2.05, 4.69) is 17.4 Å². The van der Waals surface area contributed by atoms with Crippen LogP contribution in [0.25, 0.3) is 0 Å². The van der Waals surface area contributed by atoms with Crippen molar-refractivity contribution < 1.29 is 4.79 Å². The Balaban J connectivity index is 0.00000196. The third-order valence-electron chi connectivity index (χ3n) is 5.75. The number of nitrogens with zero attached hydrogens (tertiary/aromatic N) is 2. The largest absolute Gasteiger partial charge is 0.331 e. The van der Waals surface area contributed by atoms with E-state index < -0.39 is 0 Å². The molecule has 0 spiro atoms. The summed E-state index contributed by atoms with van der Waals surface area (Å²) in [6, 6.07) is 13.7. The fourth-order valence-corrected chi connectivity index (χ4v) is 4.25. The molecule has 2 aromatic rings. The number of hydrogen-bond donors (Lipinski definition) is 1. The Labute approximate surface area is 159 Å². The predicted molar refractivity (Wildman–Crippen MR) is 104 cm³/mol. The highest BCUT2D eigenvalue weighted by atomic mass is 35.5. The van der Waals surface area contributed by atoms with Gasteiger partial charge in [0.1, 0.15) is 5.56 Å². The second kappa shape index (κ2) is 7.25. The molecule has 1 N–H and O–H groups in total. The molecule has 4 rings (SSSR count). The average Bonchev–Trinajstić information content (AvgIpc) is 3.21. The Morgan fingerprint density at radius 1 is 1.12 bits per heavy atom. The lowest BCUT2D eigenvalue weighted by Gasteiger charge is -2.28. The lowest BCUT2D eigenvalue weighted by Crippen LogP contribution is -2.38. The van der Waals surface area contributed by atoms with E-state index in [1.807, 2.05) is 36.1 Å². The fraction of sp³-hybridized carbons (Fsp3) is 0.400. The van der Waals surface area contributed by atoms with Crippen LogP contribution in [0.15, 0.2) is 47.3 Å². The predicted octanol–water partition coefficient (Wildman–Crippen LogP) is 2.15. The van der Waals surface area contributed by atoms with Crippen molar-refractivity contribution in [2.75, 3.05) is 19.6 Å². The quantitative estimate of drug-likeness (QED) is 0.877. The highest BCUT2D eigenvalue weighted by Gasteiger charge is 2.47. The number of carbonyl (C=O) groups is 1. The molecule has 3 heterocycles. The maximum Gasteiger partial charge on any atom is 0.263 e. The van der Waals surface area contributed by atoms with Gasteiger partial charge < -0.3 is 14.8 Å². The van der Waals surface area contributed by atoms with E-state index in [1.54, 1.807) is 17.7 Å². The van der Waals surface area contributed by atoms with Crippen LogP contribution in [0.5, 0.6) is 0 Å². The molecule has 6 heteroatoms. The zero-order valence-corrected chi connectivity index (χ0v) is 15.8. The first kappa shape index (κ1) is 18.7. The van der Waals surface area contributed by atoms with Gasteiger partial charge in [-0.1, -0.05) is 30.3 Å². The summed E-state index contributed by atoms with van der Waals surface area (Å²) in [5.41, 5.74) is 2.05. The highest BCUT2D eigenvalue weighted by Crippen LogP contribution is 2.43. The van der Waals surface area contributed by atoms with Gasteiger partial charge in [0.15, 0.2) is 0 Å². The van der Waals surface area contributed by atoms with Crippen molar-refractivity contribution in [2.45, 2.75) is 13.0 Å². The number of benzene rings is 1. The lowest BCUT2D eigenvalue weighted by molar-refractivity contribution is 0.0711. The van der Waals surface area contributed by atoms with Crippen LogP contribution >= 0.6 is 12.4 Å². The first-order chi connectivity index (χ1) is 12.1. The second-order valence-corrected chi connectivity index (χ2v) is 7.15. The van der Waals surface area contributed by atoms with Gasteiger partial charge in [-0.25, -0.2) is 0 Å². The molecule has 0 aliphatic carbocycles. The minimum atomic E-state index is -0.216. The van der Waals surface area contributed by atoms with Gasteiger partial charge in [-0.2, -0.15) is 0 Å². The van der Waals surface area contributed by atoms with Crippen molar-refractivity contribution >= 4 is 18.3 Å². The van der Waals surface area contributed by atoms with Crippen LogP contribution in [0.4, 0.5) is 0 Å². The average molecular weight is 374 g/mol. The topological polar surface area (TPSA) is 54.3 Å². The van der Waals surface area contributed by atoms with Gasteiger partial charge in [0.25, 0.3) is 11.5 Å². The van der Waals surface area contributed by atoms with Gasteiger partial charge >= 0.3 is 0 Å². The van der Waals surface area contributed by atoms with E-state index in [9.17, 15) is 9.59 Å². The second-order valence-electron chi connectivity index (χ2n) is 7.15. The van der Waals surface area contributed by atoms with Crippen LogP contribution < -0.4 is 10.9 Å². The van der Waals surface area contributed by atoms with Crippen LogP contribution in [-0.2, 0) is 7.05 Å². The Morgan fingerprint density at radius 2 is 1.85 bits per heavy atom. The smallest absolute Gasteiger partial charge is 0.263 e. The molecular formula is C20H24ClN3O2. The molecule has 1 amide bonds. The van der Waals surface area contributed by atoms with Gasteiger partial charge in [-0.3, -0.25) is 9.59 Å². The number of nitrogens with one attached hydrogen (secondary N) is 1. The number of rotatable bonds is 2. The monoisotopic (exact) mass is 373 g/mol. The Morgan fingerprint density at radius 3 is 2.58 bits per heavy atom. The molecule has 5 nitrogen and oxygen atoms in total. The number of hydrogen-bond acceptors (Lipinski definition) is 3. The van der Waals surface area contributed by atoms with Gasteiger partial charge in [-0.05, 0) is 30.5 Å². The summed E-state index contributed by atoms with van der Waals surface area (Å²) in [7, 11) is 1.71. The van der Waals surface area contributed by atoms with Crippen molar-refractivity contribution in [3.05, 3.63) is 69.6 Å². The Hall–Kier alpha value is -2.11. The molecule has 2 fully saturated rings. The Kier molecular flexibility index (Phi) is 5.21. The number of pyridine rings is 1. The molecule has 26 heavy (non-hydrogen) atoms. The third kappa shape index (κ3) is 2.95. The molecule has 0 saturated carbocycles. The third-order valence-corrected chi connectivity index (χ3v) is 5.75. The fourth-order valence-electron chi connectivity index (χ4n) is 4.25. The molecule has 2 saturated heterocycles. The van der Waals surface area contributed by atoms with E-state index >= 15 is 0 Å². The normalized spacial score (nSPS) is 24.2. The molecule has 0 radical (unpaired) electrons. The number of aromatic nitrogens is 1. The van der Waals surface area contributed by atoms with Crippen LogP contribution in [0.2, 0.25) is 0 Å². The first-order valence-corrected chi connectivity index (χ1v) is 8.81. The molecule has 2 aliphatic rings. The molecule has 3 atom stereocenters. The lowest BCUT2D eigenvalue weighted by atomic mass is 9.89. The minimum Gasteiger partial charge on any atom is -0.331 e. The number of aryl methyl sites for hydroxylation is 1. The minimum absolute atomic E-state index is 0. The molecule has 1 aromatic heterocycles. The molecule has 2 aliphatic heterocycles. The van der Waals surface area contributed by atoms with Gasteiger partial charge in [-0.15, -0.1) is 12.4 Å². The molecule has 138 valence electrons. The van der Waals surface area contributed by atoms with Crippen LogP contribution in [0.1, 0.15) is 27.7 Å². The van der Waals surface area contributed by atoms with Crippen LogP contribution in [0, 0.1) is 18.8 Å². The summed E-state index contributed by atoms with van der Waals surface area (Å²) >= 11 is 0. The Bertz CT molecular complexity index is 865. The van der Waals surface area contributed by atoms with E-state index in [0.717, 1.165) is 24.3 Å². The number of carbonyl (C=O) groups excluding carboxylic acids is 1. The summed E-state index contributed by atoms with van der Waals surface area (Å²) in [6.07, 6.45) is 0. The van der Waals surface area contributed by atoms with Gasteiger partial charge in [0, 0.05) is 38.3 Å². The summed E-state index contributed by atoms with van der Waals surface area (Å²) < 4.78 is 1.54. The van der Waals surface area contributed by atoms with E-state index in [1.165, 1.54) is 0 Å². The van der Waals surface area contributed by atoms with Crippen molar-refractivity contribution in [3.63, 3.8) is 0 Å². The summed E-state index contributed by atoms with van der Waals surface area (Å²) in [6.45, 7) is 4.42. The van der Waals surface area contributed by atoms with E-state index in [-0.39, 0.29) is 35.5 Å². The van der Waals surface area contributed by atoms with Gasteiger partial charge in [0.05, 0.1) is 6.04 Å². The molecule has 0 unspecified atom stereocenters. The maximum atomic E-state index is 13.2. The number of likely N-dealkylation sites (tertiary alicyclic amines) is 1. The standard InChI is InChI=1S/C20H23N3O2.ClH/c1-13-8-9-16(19(24)22(13)2)20(25)23-12-15-10-21-11-17(15)18(23)14-6-4-3-5-7-14;/h3-9,15,17-18,21H,10-12H2,1-2H3;1H/t15-,17-,18-;/m0./s1. The number of halogens is 1. The van der Waals surface area contributed by atoms with Crippen molar-refractivity contribution in [1.82, 2.24) is 14.8 Å². The van der Waals surface area contributed by atoms with Gasteiger partial charge in [0.2, 0.25) is 0 Å². The number of fused-ring (bicyclic) bond motifs is 1. The molecule has 1 aromatic carbocycles.